The highest BCUT2D eigenvalue weighted by Gasteiger charge is 2.03. The Morgan fingerprint density at radius 2 is 2.00 bits per heavy atom. The van der Waals surface area contributed by atoms with Crippen molar-refractivity contribution in [2.75, 3.05) is 0 Å². The third-order valence-electron chi connectivity index (χ3n) is 2.49. The van der Waals surface area contributed by atoms with E-state index in [9.17, 15) is 0 Å². The quantitative estimate of drug-likeness (QED) is 0.884. The molecule has 0 aliphatic rings. The van der Waals surface area contributed by atoms with Gasteiger partial charge in [0.05, 0.1) is 0 Å². The maximum Gasteiger partial charge on any atom is 0.0447 e. The highest BCUT2D eigenvalue weighted by molar-refractivity contribution is 6.30. The van der Waals surface area contributed by atoms with Crippen LogP contribution in [0.15, 0.2) is 42.6 Å². The third kappa shape index (κ3) is 2.60. The third-order valence-corrected chi connectivity index (χ3v) is 2.72. The minimum absolute atomic E-state index is 0.503. The summed E-state index contributed by atoms with van der Waals surface area (Å²) in [4.78, 5) is 4.30. The first kappa shape index (κ1) is 11.1. The van der Waals surface area contributed by atoms with E-state index in [1.54, 1.807) is 6.20 Å². The first-order chi connectivity index (χ1) is 7.79. The van der Waals surface area contributed by atoms with E-state index < -0.39 is 0 Å². The fourth-order valence-corrected chi connectivity index (χ4v) is 1.85. The van der Waals surface area contributed by atoms with Crippen LogP contribution in [-0.2, 0) is 13.0 Å². The van der Waals surface area contributed by atoms with Crippen LogP contribution < -0.4 is 5.73 Å². The second-order valence-corrected chi connectivity index (χ2v) is 4.05. The summed E-state index contributed by atoms with van der Waals surface area (Å²) in [5.74, 6) is 0. The number of rotatable bonds is 3. The van der Waals surface area contributed by atoms with E-state index in [4.69, 9.17) is 17.3 Å². The largest absolute Gasteiger partial charge is 0.326 e. The molecule has 0 spiro atoms. The number of aromatic nitrogens is 1. The molecule has 0 atom stereocenters. The lowest BCUT2D eigenvalue weighted by molar-refractivity contribution is 0.994. The molecule has 0 radical (unpaired) electrons. The van der Waals surface area contributed by atoms with E-state index >= 15 is 0 Å². The van der Waals surface area contributed by atoms with Crippen LogP contribution in [0.2, 0.25) is 5.02 Å². The maximum absolute atomic E-state index is 5.93. The lowest BCUT2D eigenvalue weighted by Gasteiger charge is -2.07. The van der Waals surface area contributed by atoms with Gasteiger partial charge in [-0.25, -0.2) is 0 Å². The van der Waals surface area contributed by atoms with Crippen molar-refractivity contribution in [3.63, 3.8) is 0 Å². The second-order valence-electron chi connectivity index (χ2n) is 3.62. The molecule has 1 aromatic carbocycles. The van der Waals surface area contributed by atoms with Gasteiger partial charge >= 0.3 is 0 Å². The summed E-state index contributed by atoms with van der Waals surface area (Å²) in [6.07, 6.45) is 2.60. The summed E-state index contributed by atoms with van der Waals surface area (Å²) < 4.78 is 0. The number of pyridine rings is 1. The van der Waals surface area contributed by atoms with Crippen molar-refractivity contribution in [2.24, 2.45) is 5.73 Å². The van der Waals surface area contributed by atoms with Crippen LogP contribution in [-0.4, -0.2) is 4.98 Å². The highest BCUT2D eigenvalue weighted by Crippen LogP contribution is 2.18. The van der Waals surface area contributed by atoms with E-state index in [1.807, 2.05) is 36.4 Å². The minimum Gasteiger partial charge on any atom is -0.326 e. The first-order valence-corrected chi connectivity index (χ1v) is 5.54. The molecular weight excluding hydrogens is 220 g/mol. The number of nitrogens with zero attached hydrogens (tertiary/aromatic N) is 1. The number of halogens is 1. The lowest BCUT2D eigenvalue weighted by atomic mass is 10.0. The van der Waals surface area contributed by atoms with Gasteiger partial charge in [0.1, 0.15) is 0 Å². The molecule has 82 valence electrons. The molecule has 3 heteroatoms. The van der Waals surface area contributed by atoms with Crippen LogP contribution in [0.3, 0.4) is 0 Å². The zero-order chi connectivity index (χ0) is 11.4. The van der Waals surface area contributed by atoms with Crippen LogP contribution in [0, 0.1) is 0 Å². The van der Waals surface area contributed by atoms with Crippen molar-refractivity contribution in [3.8, 4) is 0 Å². The number of nitrogens with two attached hydrogens (primary N) is 1. The standard InChI is InChI=1S/C13H13ClN2/c14-12-5-4-10(11(7-12)9-15)8-13-3-1-2-6-16-13/h1-7H,8-9,15H2. The van der Waals surface area contributed by atoms with Crippen molar-refractivity contribution in [1.82, 2.24) is 4.98 Å². The molecule has 2 rings (SSSR count). The average molecular weight is 233 g/mol. The molecule has 0 bridgehead atoms. The normalized spacial score (nSPS) is 10.4. The van der Waals surface area contributed by atoms with E-state index in [0.29, 0.717) is 6.54 Å². The Kier molecular flexibility index (Phi) is 3.54. The molecule has 1 heterocycles. The zero-order valence-electron chi connectivity index (χ0n) is 8.86. The van der Waals surface area contributed by atoms with Crippen LogP contribution >= 0.6 is 11.6 Å². The molecular formula is C13H13ClN2. The summed E-state index contributed by atoms with van der Waals surface area (Å²) in [6.45, 7) is 0.503. The predicted octanol–water partition coefficient (Wildman–Crippen LogP) is 2.78. The Morgan fingerprint density at radius 1 is 1.12 bits per heavy atom. The van der Waals surface area contributed by atoms with Crippen LogP contribution in [0.4, 0.5) is 0 Å². The van der Waals surface area contributed by atoms with Crippen LogP contribution in [0.25, 0.3) is 0 Å². The molecule has 0 fully saturated rings. The highest BCUT2D eigenvalue weighted by atomic mass is 35.5. The lowest BCUT2D eigenvalue weighted by Crippen LogP contribution is -2.02. The van der Waals surface area contributed by atoms with Crippen molar-refractivity contribution in [2.45, 2.75) is 13.0 Å². The maximum atomic E-state index is 5.93. The Balaban J connectivity index is 2.28. The van der Waals surface area contributed by atoms with E-state index in [-0.39, 0.29) is 0 Å². The van der Waals surface area contributed by atoms with Crippen molar-refractivity contribution in [1.29, 1.82) is 0 Å². The van der Waals surface area contributed by atoms with E-state index in [1.165, 1.54) is 5.56 Å². The molecule has 16 heavy (non-hydrogen) atoms. The van der Waals surface area contributed by atoms with Crippen molar-refractivity contribution >= 4 is 11.6 Å². The summed E-state index contributed by atoms with van der Waals surface area (Å²) in [7, 11) is 0. The summed E-state index contributed by atoms with van der Waals surface area (Å²) in [5.41, 5.74) is 9.00. The van der Waals surface area contributed by atoms with Crippen LogP contribution in [0.5, 0.6) is 0 Å². The van der Waals surface area contributed by atoms with E-state index in [2.05, 4.69) is 4.98 Å². The van der Waals surface area contributed by atoms with Gasteiger partial charge in [0.2, 0.25) is 0 Å². The summed E-state index contributed by atoms with van der Waals surface area (Å²) >= 11 is 5.93. The van der Waals surface area contributed by atoms with Gasteiger partial charge in [-0.15, -0.1) is 0 Å². The van der Waals surface area contributed by atoms with Gasteiger partial charge in [-0.3, -0.25) is 4.98 Å². The monoisotopic (exact) mass is 232 g/mol. The zero-order valence-corrected chi connectivity index (χ0v) is 9.61. The molecule has 0 unspecified atom stereocenters. The van der Waals surface area contributed by atoms with Gasteiger partial charge in [-0.2, -0.15) is 0 Å². The van der Waals surface area contributed by atoms with Gasteiger partial charge in [-0.1, -0.05) is 23.7 Å². The molecule has 2 nitrogen and oxygen atoms in total. The fourth-order valence-electron chi connectivity index (χ4n) is 1.65. The topological polar surface area (TPSA) is 38.9 Å². The Morgan fingerprint density at radius 3 is 2.69 bits per heavy atom. The molecule has 0 saturated heterocycles. The Hall–Kier alpha value is -1.38. The van der Waals surface area contributed by atoms with Gasteiger partial charge in [0.15, 0.2) is 0 Å². The predicted molar refractivity (Wildman–Crippen MR) is 66.4 cm³/mol. The Labute approximate surface area is 100 Å². The summed E-state index contributed by atoms with van der Waals surface area (Å²) in [6, 6.07) is 11.7. The molecule has 0 saturated carbocycles. The number of hydrogen-bond acceptors (Lipinski definition) is 2. The first-order valence-electron chi connectivity index (χ1n) is 5.17. The van der Waals surface area contributed by atoms with Gasteiger partial charge in [-0.05, 0) is 35.4 Å². The molecule has 2 N–H and O–H groups in total. The number of hydrogen-bond donors (Lipinski definition) is 1. The average Bonchev–Trinajstić information content (AvgIpc) is 2.33. The van der Waals surface area contributed by atoms with Crippen molar-refractivity contribution in [3.05, 3.63) is 64.4 Å². The van der Waals surface area contributed by atoms with Gasteiger partial charge in [0.25, 0.3) is 0 Å². The smallest absolute Gasteiger partial charge is 0.0447 e. The fraction of sp³-hybridized carbons (Fsp3) is 0.154. The minimum atomic E-state index is 0.503. The van der Waals surface area contributed by atoms with Crippen molar-refractivity contribution < 1.29 is 0 Å². The summed E-state index contributed by atoms with van der Waals surface area (Å²) in [5, 5.41) is 0.727. The van der Waals surface area contributed by atoms with E-state index in [0.717, 1.165) is 22.7 Å². The molecule has 1 aromatic heterocycles. The van der Waals surface area contributed by atoms with Crippen LogP contribution in [0.1, 0.15) is 16.8 Å². The Bertz CT molecular complexity index is 469. The molecule has 2 aromatic rings. The SMILES string of the molecule is NCc1cc(Cl)ccc1Cc1ccccn1. The van der Waals surface area contributed by atoms with Gasteiger partial charge in [0, 0.05) is 29.9 Å². The molecule has 0 aliphatic carbocycles. The molecule has 0 aliphatic heterocycles. The molecule has 0 amide bonds. The van der Waals surface area contributed by atoms with Gasteiger partial charge < -0.3 is 5.73 Å². The number of benzene rings is 1. The second kappa shape index (κ2) is 5.10.